The highest BCUT2D eigenvalue weighted by atomic mass is 35.5. The number of anilines is 2. The highest BCUT2D eigenvalue weighted by molar-refractivity contribution is 6.35. The van der Waals surface area contributed by atoms with E-state index in [9.17, 15) is 22.8 Å². The van der Waals surface area contributed by atoms with Crippen molar-refractivity contribution in [3.05, 3.63) is 52.0 Å². The van der Waals surface area contributed by atoms with Crippen LogP contribution in [0.1, 0.15) is 10.4 Å². The lowest BCUT2D eigenvalue weighted by atomic mass is 10.1. The summed E-state index contributed by atoms with van der Waals surface area (Å²) in [6.07, 6.45) is -4.94. The third-order valence-electron chi connectivity index (χ3n) is 2.86. The Morgan fingerprint density at radius 1 is 1.00 bits per heavy atom. The van der Waals surface area contributed by atoms with Crippen LogP contribution in [0.25, 0.3) is 0 Å². The van der Waals surface area contributed by atoms with Crippen LogP contribution < -0.4 is 21.1 Å². The van der Waals surface area contributed by atoms with E-state index in [4.69, 9.17) is 28.9 Å². The van der Waals surface area contributed by atoms with Gasteiger partial charge in [0.2, 0.25) is 0 Å². The van der Waals surface area contributed by atoms with Crippen LogP contribution in [0, 0.1) is 0 Å². The van der Waals surface area contributed by atoms with Crippen molar-refractivity contribution < 1.29 is 27.5 Å². The molecule has 0 heterocycles. The van der Waals surface area contributed by atoms with Gasteiger partial charge in [-0.05, 0) is 30.3 Å². The number of nitrogens with one attached hydrogen (secondary N) is 2. The zero-order valence-electron chi connectivity index (χ0n) is 12.7. The van der Waals surface area contributed by atoms with Gasteiger partial charge in [-0.3, -0.25) is 4.79 Å². The Balaban J connectivity index is 2.23. The van der Waals surface area contributed by atoms with E-state index in [1.54, 1.807) is 0 Å². The lowest BCUT2D eigenvalue weighted by Crippen LogP contribution is -2.23. The van der Waals surface area contributed by atoms with Crippen molar-refractivity contribution in [2.24, 2.45) is 5.73 Å². The smallest absolute Gasteiger partial charge is 0.406 e. The van der Waals surface area contributed by atoms with Crippen LogP contribution in [-0.4, -0.2) is 18.3 Å². The monoisotopic (exact) mass is 407 g/mol. The normalized spacial score (nSPS) is 11.0. The van der Waals surface area contributed by atoms with Gasteiger partial charge in [0.25, 0.3) is 5.91 Å². The Morgan fingerprint density at radius 3 is 2.15 bits per heavy atom. The molecule has 0 aliphatic heterocycles. The summed E-state index contributed by atoms with van der Waals surface area (Å²) in [5.74, 6) is -1.59. The standard InChI is InChI=1S/C15H10Cl2F3N3O3/c16-7-3-8(17)5-9(4-7)22-14(25)23-12-6-10(26-15(18,19)20)1-2-11(12)13(21)24/h1-6H,(H2,21,24)(H2,22,23,25). The molecule has 0 aliphatic carbocycles. The first-order chi connectivity index (χ1) is 12.0. The minimum absolute atomic E-state index is 0.209. The number of carbonyl (C=O) groups is 2. The Labute approximate surface area is 155 Å². The first-order valence-corrected chi connectivity index (χ1v) is 7.53. The van der Waals surface area contributed by atoms with Crippen LogP contribution in [-0.2, 0) is 0 Å². The largest absolute Gasteiger partial charge is 0.573 e. The molecular weight excluding hydrogens is 398 g/mol. The van der Waals surface area contributed by atoms with Gasteiger partial charge in [-0.25, -0.2) is 4.79 Å². The number of primary amides is 1. The number of benzene rings is 2. The molecule has 0 radical (unpaired) electrons. The molecule has 2 rings (SSSR count). The van der Waals surface area contributed by atoms with E-state index in [-0.39, 0.29) is 27.0 Å². The predicted molar refractivity (Wildman–Crippen MR) is 90.7 cm³/mol. The van der Waals surface area contributed by atoms with Gasteiger partial charge in [-0.2, -0.15) is 0 Å². The molecule has 0 spiro atoms. The van der Waals surface area contributed by atoms with E-state index < -0.39 is 24.1 Å². The second kappa shape index (κ2) is 7.71. The number of rotatable bonds is 4. The van der Waals surface area contributed by atoms with Crippen molar-refractivity contribution in [3.8, 4) is 5.75 Å². The second-order valence-corrected chi connectivity index (χ2v) is 5.73. The summed E-state index contributed by atoms with van der Waals surface area (Å²) in [6.45, 7) is 0. The predicted octanol–water partition coefficient (Wildman–Crippen LogP) is 4.63. The zero-order valence-corrected chi connectivity index (χ0v) is 14.2. The molecule has 0 aliphatic rings. The molecule has 0 unspecified atom stereocenters. The van der Waals surface area contributed by atoms with E-state index in [0.717, 1.165) is 18.2 Å². The average molecular weight is 408 g/mol. The van der Waals surface area contributed by atoms with Crippen LogP contribution >= 0.6 is 23.2 Å². The fourth-order valence-electron chi connectivity index (χ4n) is 1.95. The number of nitrogens with two attached hydrogens (primary N) is 1. The number of amides is 3. The van der Waals surface area contributed by atoms with Crippen LogP contribution in [0.15, 0.2) is 36.4 Å². The van der Waals surface area contributed by atoms with Crippen LogP contribution in [0.5, 0.6) is 5.75 Å². The van der Waals surface area contributed by atoms with Gasteiger partial charge < -0.3 is 21.1 Å². The number of halogens is 5. The quantitative estimate of drug-likeness (QED) is 0.689. The SMILES string of the molecule is NC(=O)c1ccc(OC(F)(F)F)cc1NC(=O)Nc1cc(Cl)cc(Cl)c1. The number of hydrogen-bond donors (Lipinski definition) is 3. The average Bonchev–Trinajstić information content (AvgIpc) is 2.43. The van der Waals surface area contributed by atoms with Gasteiger partial charge in [-0.1, -0.05) is 23.2 Å². The maximum atomic E-state index is 12.3. The molecule has 0 fully saturated rings. The fraction of sp³-hybridized carbons (Fsp3) is 0.0667. The molecule has 0 saturated carbocycles. The minimum Gasteiger partial charge on any atom is -0.406 e. The Bertz CT molecular complexity index is 840. The Morgan fingerprint density at radius 2 is 1.62 bits per heavy atom. The summed E-state index contributed by atoms with van der Waals surface area (Å²) < 4.78 is 40.7. The molecule has 26 heavy (non-hydrogen) atoms. The molecular formula is C15H10Cl2F3N3O3. The molecule has 2 aromatic rings. The van der Waals surface area contributed by atoms with Crippen LogP contribution in [0.2, 0.25) is 10.0 Å². The molecule has 2 aromatic carbocycles. The summed E-state index contributed by atoms with van der Waals surface area (Å²) in [7, 11) is 0. The van der Waals surface area contributed by atoms with E-state index in [1.165, 1.54) is 18.2 Å². The number of carbonyl (C=O) groups excluding carboxylic acids is 2. The third-order valence-corrected chi connectivity index (χ3v) is 3.30. The Kier molecular flexibility index (Phi) is 5.83. The van der Waals surface area contributed by atoms with Crippen molar-refractivity contribution >= 4 is 46.5 Å². The number of alkyl halides is 3. The van der Waals surface area contributed by atoms with E-state index in [0.29, 0.717) is 0 Å². The van der Waals surface area contributed by atoms with Crippen molar-refractivity contribution in [2.45, 2.75) is 6.36 Å². The summed E-state index contributed by atoms with van der Waals surface area (Å²) in [4.78, 5) is 23.5. The number of hydrogen-bond acceptors (Lipinski definition) is 3. The number of ether oxygens (including phenoxy) is 1. The molecule has 138 valence electrons. The molecule has 0 saturated heterocycles. The maximum Gasteiger partial charge on any atom is 0.573 e. The maximum absolute atomic E-state index is 12.3. The third kappa shape index (κ3) is 5.71. The molecule has 0 aromatic heterocycles. The summed E-state index contributed by atoms with van der Waals surface area (Å²) in [6, 6.07) is 6.07. The first kappa shape index (κ1) is 19.7. The molecule has 11 heteroatoms. The first-order valence-electron chi connectivity index (χ1n) is 6.77. The van der Waals surface area contributed by atoms with Gasteiger partial charge in [0.1, 0.15) is 5.75 Å². The second-order valence-electron chi connectivity index (χ2n) is 4.86. The van der Waals surface area contributed by atoms with Gasteiger partial charge in [0.05, 0.1) is 11.3 Å². The fourth-order valence-corrected chi connectivity index (χ4v) is 2.48. The van der Waals surface area contributed by atoms with E-state index in [1.807, 2.05) is 0 Å². The summed E-state index contributed by atoms with van der Waals surface area (Å²) in [5, 5.41) is 5.10. The lowest BCUT2D eigenvalue weighted by Gasteiger charge is -2.14. The van der Waals surface area contributed by atoms with Crippen LogP contribution in [0.4, 0.5) is 29.3 Å². The van der Waals surface area contributed by atoms with Crippen molar-refractivity contribution in [1.29, 1.82) is 0 Å². The molecule has 0 bridgehead atoms. The van der Waals surface area contributed by atoms with Gasteiger partial charge in [0, 0.05) is 21.8 Å². The van der Waals surface area contributed by atoms with Gasteiger partial charge in [0.15, 0.2) is 0 Å². The van der Waals surface area contributed by atoms with E-state index >= 15 is 0 Å². The molecule has 4 N–H and O–H groups in total. The van der Waals surface area contributed by atoms with E-state index in [2.05, 4.69) is 15.4 Å². The topological polar surface area (TPSA) is 93.5 Å². The molecule has 6 nitrogen and oxygen atoms in total. The van der Waals surface area contributed by atoms with Crippen molar-refractivity contribution in [2.75, 3.05) is 10.6 Å². The summed E-state index contributed by atoms with van der Waals surface area (Å²) >= 11 is 11.6. The highest BCUT2D eigenvalue weighted by Crippen LogP contribution is 2.28. The van der Waals surface area contributed by atoms with Gasteiger partial charge >= 0.3 is 12.4 Å². The minimum atomic E-state index is -4.94. The van der Waals surface area contributed by atoms with Crippen molar-refractivity contribution in [1.82, 2.24) is 0 Å². The van der Waals surface area contributed by atoms with Gasteiger partial charge in [-0.15, -0.1) is 13.2 Å². The molecule has 0 atom stereocenters. The number of urea groups is 1. The highest BCUT2D eigenvalue weighted by Gasteiger charge is 2.31. The van der Waals surface area contributed by atoms with Crippen LogP contribution in [0.3, 0.4) is 0 Å². The van der Waals surface area contributed by atoms with Crippen molar-refractivity contribution in [3.63, 3.8) is 0 Å². The Hall–Kier alpha value is -2.65. The zero-order chi connectivity index (χ0) is 19.5. The lowest BCUT2D eigenvalue weighted by molar-refractivity contribution is -0.274. The molecule has 3 amide bonds. The summed E-state index contributed by atoms with van der Waals surface area (Å²) in [5.41, 5.74) is 4.89.